The third-order valence-corrected chi connectivity index (χ3v) is 7.10. The highest BCUT2D eigenvalue weighted by Gasteiger charge is 2.32. The molecule has 1 aliphatic carbocycles. The smallest absolute Gasteiger partial charge is 0.349 e. The number of sulfonamides is 1. The van der Waals surface area contributed by atoms with Crippen molar-refractivity contribution >= 4 is 33.2 Å². The molecule has 0 unspecified atom stereocenters. The minimum absolute atomic E-state index is 0.209. The number of pyridine rings is 1. The molecule has 192 valence electrons. The highest BCUT2D eigenvalue weighted by Crippen LogP contribution is 2.38. The first kappa shape index (κ1) is 24.6. The van der Waals surface area contributed by atoms with Crippen LogP contribution in [0.4, 0.5) is 8.78 Å². The van der Waals surface area contributed by atoms with E-state index in [9.17, 15) is 37.0 Å². The minimum atomic E-state index is -4.41. The maximum Gasteiger partial charge on any atom is 0.349 e. The van der Waals surface area contributed by atoms with Gasteiger partial charge in [0.15, 0.2) is 17.2 Å². The summed E-state index contributed by atoms with van der Waals surface area (Å²) in [6.45, 7) is 0. The van der Waals surface area contributed by atoms with Crippen LogP contribution in [0.5, 0.6) is 17.4 Å². The lowest BCUT2D eigenvalue weighted by Gasteiger charge is -2.31. The van der Waals surface area contributed by atoms with Gasteiger partial charge in [-0.3, -0.25) is 9.78 Å². The fourth-order valence-corrected chi connectivity index (χ4v) is 5.11. The summed E-state index contributed by atoms with van der Waals surface area (Å²) >= 11 is 12.4. The summed E-state index contributed by atoms with van der Waals surface area (Å²) in [5, 5.41) is 22.0. The van der Waals surface area contributed by atoms with E-state index in [-0.39, 0.29) is 40.2 Å². The van der Waals surface area contributed by atoms with Crippen molar-refractivity contribution in [2.45, 2.75) is 36.3 Å². The first-order valence-electron chi connectivity index (χ1n) is 10.3. The summed E-state index contributed by atoms with van der Waals surface area (Å²) in [5.74, 6) is -1.33. The van der Waals surface area contributed by atoms with Gasteiger partial charge in [0.2, 0.25) is 15.9 Å². The number of hydrogen-bond donors (Lipinski definition) is 4. The number of alkyl halides is 2. The van der Waals surface area contributed by atoms with Crippen LogP contribution in [0.15, 0.2) is 38.9 Å². The SMILES string of the molecule is [2H]C(F)(F)c1nn(-c2cc(Cl)c(Oc3cc(S(=O)(=O)NC4CC(O)C4)c(O)cn3)c(Cl)c2)c(=O)[nH]c1=O. The number of aromatic nitrogens is 4. The van der Waals surface area contributed by atoms with E-state index < -0.39 is 56.2 Å². The third-order valence-electron chi connectivity index (χ3n) is 4.99. The number of nitrogens with one attached hydrogen (secondary N) is 2. The molecular formula is C19H15Cl2F2N5O7S. The number of hydrogen-bond acceptors (Lipinski definition) is 9. The minimum Gasteiger partial charge on any atom is -0.505 e. The van der Waals surface area contributed by atoms with Crippen molar-refractivity contribution in [3.8, 4) is 23.1 Å². The van der Waals surface area contributed by atoms with Crippen molar-refractivity contribution in [3.05, 3.63) is 61.0 Å². The number of H-pyrrole nitrogens is 1. The molecule has 17 heteroatoms. The number of aliphatic hydroxyl groups excluding tert-OH is 1. The Morgan fingerprint density at radius 2 is 1.89 bits per heavy atom. The van der Waals surface area contributed by atoms with Crippen molar-refractivity contribution in [1.82, 2.24) is 24.5 Å². The van der Waals surface area contributed by atoms with E-state index in [0.717, 1.165) is 24.4 Å². The van der Waals surface area contributed by atoms with Gasteiger partial charge in [0.05, 0.1) is 28.0 Å². The summed E-state index contributed by atoms with van der Waals surface area (Å²) in [6.07, 6.45) is -3.81. The van der Waals surface area contributed by atoms with E-state index in [1.807, 2.05) is 0 Å². The topological polar surface area (TPSA) is 176 Å². The molecule has 3 aromatic rings. The normalized spacial score (nSPS) is 18.4. The van der Waals surface area contributed by atoms with Gasteiger partial charge >= 0.3 is 5.69 Å². The van der Waals surface area contributed by atoms with Crippen LogP contribution < -0.4 is 20.7 Å². The highest BCUT2D eigenvalue weighted by molar-refractivity contribution is 7.89. The van der Waals surface area contributed by atoms with Gasteiger partial charge in [0.25, 0.3) is 12.0 Å². The van der Waals surface area contributed by atoms with E-state index in [1.54, 1.807) is 4.98 Å². The van der Waals surface area contributed by atoms with Crippen LogP contribution in [0.2, 0.25) is 10.0 Å². The summed E-state index contributed by atoms with van der Waals surface area (Å²) in [4.78, 5) is 28.5. The number of aromatic hydroxyl groups is 1. The van der Waals surface area contributed by atoms with Crippen LogP contribution in [0.3, 0.4) is 0 Å². The maximum atomic E-state index is 13.4. The van der Waals surface area contributed by atoms with Crippen LogP contribution in [0.1, 0.15) is 26.3 Å². The number of nitrogens with zero attached hydrogens (tertiary/aromatic N) is 3. The van der Waals surface area contributed by atoms with Gasteiger partial charge in [-0.25, -0.2) is 31.7 Å². The lowest BCUT2D eigenvalue weighted by Crippen LogP contribution is -2.46. The highest BCUT2D eigenvalue weighted by atomic mass is 35.5. The van der Waals surface area contributed by atoms with Gasteiger partial charge in [0.1, 0.15) is 6.27 Å². The zero-order valence-electron chi connectivity index (χ0n) is 18.6. The van der Waals surface area contributed by atoms with Crippen LogP contribution in [-0.4, -0.2) is 50.5 Å². The third kappa shape index (κ3) is 5.19. The molecule has 1 aliphatic rings. The lowest BCUT2D eigenvalue weighted by molar-refractivity contribution is 0.0712. The van der Waals surface area contributed by atoms with Crippen molar-refractivity contribution < 1.29 is 33.5 Å². The fourth-order valence-electron chi connectivity index (χ4n) is 3.22. The predicted octanol–water partition coefficient (Wildman–Crippen LogP) is 1.86. The van der Waals surface area contributed by atoms with Crippen molar-refractivity contribution in [3.63, 3.8) is 0 Å². The van der Waals surface area contributed by atoms with Crippen LogP contribution in [-0.2, 0) is 10.0 Å². The quantitative estimate of drug-likeness (QED) is 0.332. The van der Waals surface area contributed by atoms with Crippen molar-refractivity contribution in [2.75, 3.05) is 0 Å². The molecule has 0 aliphatic heterocycles. The number of halogens is 4. The second-order valence-electron chi connectivity index (χ2n) is 7.55. The number of aliphatic hydroxyl groups is 1. The Morgan fingerprint density at radius 1 is 1.25 bits per heavy atom. The Hall–Kier alpha value is -3.11. The molecule has 0 bridgehead atoms. The monoisotopic (exact) mass is 566 g/mol. The maximum absolute atomic E-state index is 13.4. The summed E-state index contributed by atoms with van der Waals surface area (Å²) in [5.41, 5.74) is -4.60. The molecule has 2 heterocycles. The van der Waals surface area contributed by atoms with Crippen LogP contribution in [0, 0.1) is 0 Å². The number of rotatable bonds is 7. The molecule has 36 heavy (non-hydrogen) atoms. The first-order chi connectivity index (χ1) is 17.2. The zero-order chi connectivity index (χ0) is 27.3. The molecule has 0 spiro atoms. The molecule has 1 aromatic carbocycles. The average Bonchev–Trinajstić information content (AvgIpc) is 2.75. The van der Waals surface area contributed by atoms with Gasteiger partial charge < -0.3 is 14.9 Å². The summed E-state index contributed by atoms with van der Waals surface area (Å²) in [7, 11) is -4.23. The van der Waals surface area contributed by atoms with Crippen molar-refractivity contribution in [2.24, 2.45) is 0 Å². The molecule has 0 saturated heterocycles. The number of benzene rings is 1. The standard InChI is InChI=1S/C19H15Cl2F2N5O7S/c20-10-3-8(28-19(32)25-18(31)15(26-28)17(22)23)4-11(21)16(10)35-14-5-13(12(30)6-24-14)36(33,34)27-7-1-9(29)2-7/h3-7,9,17,27,29-30H,1-2H2,(H,25,31,32)/i17D. The van der Waals surface area contributed by atoms with Gasteiger partial charge in [-0.2, -0.15) is 9.78 Å². The van der Waals surface area contributed by atoms with E-state index in [4.69, 9.17) is 29.3 Å². The Kier molecular flexibility index (Phi) is 6.65. The second-order valence-corrected chi connectivity index (χ2v) is 10.1. The second kappa shape index (κ2) is 9.74. The zero-order valence-corrected chi connectivity index (χ0v) is 19.9. The molecule has 1 saturated carbocycles. The molecule has 2 aromatic heterocycles. The first-order valence-corrected chi connectivity index (χ1v) is 12.1. The predicted molar refractivity (Wildman–Crippen MR) is 121 cm³/mol. The molecule has 4 N–H and O–H groups in total. The Morgan fingerprint density at radius 3 is 2.47 bits per heavy atom. The van der Waals surface area contributed by atoms with Crippen LogP contribution in [0.25, 0.3) is 5.69 Å². The largest absolute Gasteiger partial charge is 0.505 e. The molecule has 4 rings (SSSR count). The van der Waals surface area contributed by atoms with Crippen molar-refractivity contribution in [1.29, 1.82) is 0 Å². The van der Waals surface area contributed by atoms with E-state index >= 15 is 0 Å². The van der Waals surface area contributed by atoms with Gasteiger partial charge in [-0.1, -0.05) is 23.2 Å². The Balaban J connectivity index is 1.67. The molecule has 0 radical (unpaired) electrons. The van der Waals surface area contributed by atoms with Gasteiger partial charge in [-0.15, -0.1) is 0 Å². The molecule has 0 amide bonds. The Labute approximate surface area is 211 Å². The number of aromatic amines is 1. The number of ether oxygens (including phenoxy) is 1. The van der Waals surface area contributed by atoms with Gasteiger partial charge in [0, 0.05) is 12.1 Å². The molecule has 12 nitrogen and oxygen atoms in total. The summed E-state index contributed by atoms with van der Waals surface area (Å²) in [6, 6.07) is 2.41. The molecular weight excluding hydrogens is 551 g/mol. The molecule has 0 atom stereocenters. The van der Waals surface area contributed by atoms with Gasteiger partial charge in [-0.05, 0) is 25.0 Å². The van der Waals surface area contributed by atoms with E-state index in [1.165, 1.54) is 0 Å². The van der Waals surface area contributed by atoms with E-state index in [0.29, 0.717) is 4.68 Å². The summed E-state index contributed by atoms with van der Waals surface area (Å²) < 4.78 is 66.9. The Bertz CT molecular complexity index is 1580. The lowest BCUT2D eigenvalue weighted by atomic mass is 9.91. The fraction of sp³-hybridized carbons (Fsp3) is 0.263. The average molecular weight is 567 g/mol. The molecule has 1 fully saturated rings. The van der Waals surface area contributed by atoms with E-state index in [2.05, 4.69) is 14.8 Å². The van der Waals surface area contributed by atoms with Crippen LogP contribution >= 0.6 is 23.2 Å².